The summed E-state index contributed by atoms with van der Waals surface area (Å²) in [5.41, 5.74) is 2.46. The third-order valence-corrected chi connectivity index (χ3v) is 6.04. The van der Waals surface area contributed by atoms with Gasteiger partial charge in [-0.2, -0.15) is 0 Å². The number of hydrogen-bond donors (Lipinski definition) is 1. The van der Waals surface area contributed by atoms with Crippen molar-refractivity contribution in [3.8, 4) is 0 Å². The van der Waals surface area contributed by atoms with Gasteiger partial charge in [-0.3, -0.25) is 0 Å². The van der Waals surface area contributed by atoms with Gasteiger partial charge in [0.2, 0.25) is 0 Å². The quantitative estimate of drug-likeness (QED) is 0.712. The van der Waals surface area contributed by atoms with E-state index < -0.39 is 9.84 Å². The molecule has 0 fully saturated rings. The minimum atomic E-state index is -2.97. The Bertz CT molecular complexity index is 523. The number of hydrogen-bond acceptors (Lipinski definition) is 3. The van der Waals surface area contributed by atoms with E-state index in [4.69, 9.17) is 0 Å². The standard InChI is InChI=1S/C17H29NO2S/c1-5-10-18-13-17(9-11-21(19,20)14(2)3)16-8-6-7-15(4)12-16/h6-8,12,14,17-18H,5,9-11,13H2,1-4H3. The topological polar surface area (TPSA) is 46.2 Å². The summed E-state index contributed by atoms with van der Waals surface area (Å²) in [6.07, 6.45) is 1.77. The van der Waals surface area contributed by atoms with Crippen molar-refractivity contribution >= 4 is 9.84 Å². The monoisotopic (exact) mass is 311 g/mol. The zero-order valence-electron chi connectivity index (χ0n) is 13.7. The Morgan fingerprint density at radius 2 is 1.95 bits per heavy atom. The molecule has 0 radical (unpaired) electrons. The fourth-order valence-corrected chi connectivity index (χ4v) is 3.39. The lowest BCUT2D eigenvalue weighted by Crippen LogP contribution is -2.26. The molecule has 4 heteroatoms. The fourth-order valence-electron chi connectivity index (χ4n) is 2.31. The molecule has 1 atom stereocenters. The van der Waals surface area contributed by atoms with Gasteiger partial charge in [0.25, 0.3) is 0 Å². The average Bonchev–Trinajstić information content (AvgIpc) is 2.42. The largest absolute Gasteiger partial charge is 0.316 e. The smallest absolute Gasteiger partial charge is 0.152 e. The van der Waals surface area contributed by atoms with Crippen molar-refractivity contribution in [1.29, 1.82) is 0 Å². The Labute approximate surface area is 130 Å². The lowest BCUT2D eigenvalue weighted by molar-refractivity contribution is 0.551. The molecule has 1 unspecified atom stereocenters. The number of benzene rings is 1. The Balaban J connectivity index is 2.78. The van der Waals surface area contributed by atoms with Gasteiger partial charge in [-0.15, -0.1) is 0 Å². The van der Waals surface area contributed by atoms with Gasteiger partial charge >= 0.3 is 0 Å². The number of rotatable bonds is 9. The highest BCUT2D eigenvalue weighted by Gasteiger charge is 2.20. The second kappa shape index (κ2) is 8.54. The highest BCUT2D eigenvalue weighted by atomic mass is 32.2. The van der Waals surface area contributed by atoms with Crippen molar-refractivity contribution in [2.24, 2.45) is 0 Å². The molecule has 120 valence electrons. The zero-order chi connectivity index (χ0) is 15.9. The minimum absolute atomic E-state index is 0.255. The summed E-state index contributed by atoms with van der Waals surface area (Å²) < 4.78 is 24.1. The summed E-state index contributed by atoms with van der Waals surface area (Å²) in [7, 11) is -2.97. The summed E-state index contributed by atoms with van der Waals surface area (Å²) in [6.45, 7) is 9.53. The second-order valence-corrected chi connectivity index (χ2v) is 8.70. The molecule has 1 N–H and O–H groups in total. The summed E-state index contributed by atoms with van der Waals surface area (Å²) in [6, 6.07) is 8.40. The Morgan fingerprint density at radius 1 is 1.24 bits per heavy atom. The van der Waals surface area contributed by atoms with Crippen molar-refractivity contribution in [2.75, 3.05) is 18.8 Å². The summed E-state index contributed by atoms with van der Waals surface area (Å²) in [5.74, 6) is 0.516. The van der Waals surface area contributed by atoms with Crippen LogP contribution in [0.3, 0.4) is 0 Å². The molecular weight excluding hydrogens is 282 g/mol. The van der Waals surface area contributed by atoms with Crippen LogP contribution in [0.2, 0.25) is 0 Å². The van der Waals surface area contributed by atoms with E-state index in [0.717, 1.165) is 19.5 Å². The molecule has 0 aliphatic heterocycles. The molecule has 0 spiro atoms. The highest BCUT2D eigenvalue weighted by molar-refractivity contribution is 7.91. The molecule has 0 heterocycles. The van der Waals surface area contributed by atoms with Crippen LogP contribution in [0, 0.1) is 6.92 Å². The molecule has 3 nitrogen and oxygen atoms in total. The van der Waals surface area contributed by atoms with Crippen LogP contribution in [-0.4, -0.2) is 32.5 Å². The van der Waals surface area contributed by atoms with E-state index in [1.165, 1.54) is 11.1 Å². The molecule has 0 aliphatic carbocycles. The number of sulfone groups is 1. The van der Waals surface area contributed by atoms with Crippen LogP contribution < -0.4 is 5.32 Å². The maximum Gasteiger partial charge on any atom is 0.152 e. The first kappa shape index (κ1) is 18.2. The Hall–Kier alpha value is -0.870. The molecule has 0 bridgehead atoms. The lowest BCUT2D eigenvalue weighted by atomic mass is 9.95. The minimum Gasteiger partial charge on any atom is -0.316 e. The van der Waals surface area contributed by atoms with Crippen molar-refractivity contribution in [2.45, 2.75) is 51.7 Å². The molecule has 1 aromatic carbocycles. The maximum absolute atomic E-state index is 12.0. The predicted octanol–water partition coefficient (Wildman–Crippen LogP) is 3.29. The Kier molecular flexibility index (Phi) is 7.40. The zero-order valence-corrected chi connectivity index (χ0v) is 14.5. The van der Waals surface area contributed by atoms with E-state index in [2.05, 4.69) is 43.4 Å². The van der Waals surface area contributed by atoms with Crippen LogP contribution in [0.1, 0.15) is 50.7 Å². The maximum atomic E-state index is 12.0. The molecule has 21 heavy (non-hydrogen) atoms. The second-order valence-electron chi connectivity index (χ2n) is 6.02. The van der Waals surface area contributed by atoms with Gasteiger partial charge in [-0.1, -0.05) is 36.8 Å². The van der Waals surface area contributed by atoms with Gasteiger partial charge < -0.3 is 5.32 Å². The van der Waals surface area contributed by atoms with E-state index in [-0.39, 0.29) is 16.9 Å². The van der Waals surface area contributed by atoms with Gasteiger partial charge in [0.1, 0.15) is 0 Å². The average molecular weight is 311 g/mol. The fraction of sp³-hybridized carbons (Fsp3) is 0.647. The van der Waals surface area contributed by atoms with Crippen molar-refractivity contribution in [3.05, 3.63) is 35.4 Å². The van der Waals surface area contributed by atoms with Gasteiger partial charge in [0.15, 0.2) is 9.84 Å². The molecule has 0 aromatic heterocycles. The third kappa shape index (κ3) is 6.18. The molecular formula is C17H29NO2S. The van der Waals surface area contributed by atoms with E-state index in [9.17, 15) is 8.42 Å². The summed E-state index contributed by atoms with van der Waals surface area (Å²) in [4.78, 5) is 0. The molecule has 1 rings (SSSR count). The van der Waals surface area contributed by atoms with E-state index in [1.807, 2.05) is 0 Å². The van der Waals surface area contributed by atoms with Gasteiger partial charge in [0, 0.05) is 6.54 Å². The third-order valence-electron chi connectivity index (χ3n) is 3.80. The van der Waals surface area contributed by atoms with Crippen LogP contribution in [0.5, 0.6) is 0 Å². The van der Waals surface area contributed by atoms with Crippen LogP contribution in [0.4, 0.5) is 0 Å². The van der Waals surface area contributed by atoms with E-state index in [0.29, 0.717) is 6.42 Å². The van der Waals surface area contributed by atoms with Crippen LogP contribution >= 0.6 is 0 Å². The van der Waals surface area contributed by atoms with E-state index in [1.54, 1.807) is 13.8 Å². The highest BCUT2D eigenvalue weighted by Crippen LogP contribution is 2.21. The summed E-state index contributed by atoms with van der Waals surface area (Å²) in [5, 5.41) is 3.13. The summed E-state index contributed by atoms with van der Waals surface area (Å²) >= 11 is 0. The molecule has 1 aromatic rings. The van der Waals surface area contributed by atoms with Crippen molar-refractivity contribution in [3.63, 3.8) is 0 Å². The van der Waals surface area contributed by atoms with Crippen LogP contribution in [0.25, 0.3) is 0 Å². The molecule has 0 aliphatic rings. The van der Waals surface area contributed by atoms with Crippen LogP contribution in [0.15, 0.2) is 24.3 Å². The lowest BCUT2D eigenvalue weighted by Gasteiger charge is -2.19. The Morgan fingerprint density at radius 3 is 2.52 bits per heavy atom. The normalized spacial score (nSPS) is 13.6. The van der Waals surface area contributed by atoms with Gasteiger partial charge in [-0.05, 0) is 51.6 Å². The predicted molar refractivity (Wildman–Crippen MR) is 90.6 cm³/mol. The first-order valence-electron chi connectivity index (χ1n) is 7.85. The van der Waals surface area contributed by atoms with Crippen LogP contribution in [-0.2, 0) is 9.84 Å². The van der Waals surface area contributed by atoms with Crippen molar-refractivity contribution < 1.29 is 8.42 Å². The first-order chi connectivity index (χ1) is 9.86. The SMILES string of the molecule is CCCNCC(CCS(=O)(=O)C(C)C)c1cccc(C)c1. The molecule has 0 saturated carbocycles. The van der Waals surface area contributed by atoms with Gasteiger partial charge in [-0.25, -0.2) is 8.42 Å². The first-order valence-corrected chi connectivity index (χ1v) is 9.57. The number of aryl methyl sites for hydroxylation is 1. The molecule has 0 amide bonds. The van der Waals surface area contributed by atoms with Crippen molar-refractivity contribution in [1.82, 2.24) is 5.32 Å². The van der Waals surface area contributed by atoms with E-state index >= 15 is 0 Å². The van der Waals surface area contributed by atoms with Gasteiger partial charge in [0.05, 0.1) is 11.0 Å². The number of nitrogens with one attached hydrogen (secondary N) is 1. The molecule has 0 saturated heterocycles.